The lowest BCUT2D eigenvalue weighted by Crippen LogP contribution is -2.43. The lowest BCUT2D eigenvalue weighted by Gasteiger charge is -2.29. The Bertz CT molecular complexity index is 530. The second-order valence-corrected chi connectivity index (χ2v) is 5.34. The summed E-state index contributed by atoms with van der Waals surface area (Å²) in [6.07, 6.45) is 0. The quantitative estimate of drug-likeness (QED) is 0.798. The smallest absolute Gasteiger partial charge is 0.189 e. The van der Waals surface area contributed by atoms with Crippen molar-refractivity contribution >= 4 is 33.7 Å². The number of aromatic nitrogens is 1. The molecule has 0 aliphatic carbocycles. The first-order valence-electron chi connectivity index (χ1n) is 6.35. The normalized spacial score (nSPS) is 15.5. The topological polar surface area (TPSA) is 66.2 Å². The minimum Gasteiger partial charge on any atom is -0.383 e. The number of nitrogen functional groups attached to an aromatic ring is 1. The molecular weight excluding hydrogens is 258 g/mol. The van der Waals surface area contributed by atoms with E-state index in [0.29, 0.717) is 5.82 Å². The third-order valence-electron chi connectivity index (χ3n) is 3.12. The number of benzene rings is 1. The van der Waals surface area contributed by atoms with E-state index in [1.807, 2.05) is 5.38 Å². The Morgan fingerprint density at radius 2 is 1.95 bits per heavy atom. The Labute approximate surface area is 116 Å². The summed E-state index contributed by atoms with van der Waals surface area (Å²) >= 11 is 1.51. The fourth-order valence-corrected chi connectivity index (χ4v) is 2.77. The molecule has 0 radical (unpaired) electrons. The van der Waals surface area contributed by atoms with Gasteiger partial charge in [-0.1, -0.05) is 0 Å². The monoisotopic (exact) mass is 275 g/mol. The molecule has 2 aromatic rings. The molecule has 0 atom stereocenters. The SMILES string of the molecule is Nc1csc(Nc2ccc(N3CCNCC3)cc2)n1. The highest BCUT2D eigenvalue weighted by Gasteiger charge is 2.10. The number of hydrogen-bond acceptors (Lipinski definition) is 6. The van der Waals surface area contributed by atoms with E-state index in [9.17, 15) is 0 Å². The Hall–Kier alpha value is -1.79. The Morgan fingerprint density at radius 1 is 1.21 bits per heavy atom. The number of nitrogens with one attached hydrogen (secondary N) is 2. The van der Waals surface area contributed by atoms with E-state index in [-0.39, 0.29) is 0 Å². The summed E-state index contributed by atoms with van der Waals surface area (Å²) in [4.78, 5) is 6.58. The summed E-state index contributed by atoms with van der Waals surface area (Å²) in [5.74, 6) is 0.560. The van der Waals surface area contributed by atoms with E-state index < -0.39 is 0 Å². The van der Waals surface area contributed by atoms with Crippen LogP contribution >= 0.6 is 11.3 Å². The van der Waals surface area contributed by atoms with Gasteiger partial charge in [0.15, 0.2) is 5.13 Å². The number of anilines is 4. The van der Waals surface area contributed by atoms with Crippen molar-refractivity contribution in [1.29, 1.82) is 0 Å². The zero-order valence-corrected chi connectivity index (χ0v) is 11.4. The van der Waals surface area contributed by atoms with E-state index >= 15 is 0 Å². The highest BCUT2D eigenvalue weighted by atomic mass is 32.1. The molecule has 4 N–H and O–H groups in total. The minimum atomic E-state index is 0.560. The fourth-order valence-electron chi connectivity index (χ4n) is 2.15. The zero-order valence-electron chi connectivity index (χ0n) is 10.6. The lowest BCUT2D eigenvalue weighted by molar-refractivity contribution is 0.589. The Morgan fingerprint density at radius 3 is 2.58 bits per heavy atom. The van der Waals surface area contributed by atoms with Crippen molar-refractivity contribution in [3.63, 3.8) is 0 Å². The molecule has 0 amide bonds. The Balaban J connectivity index is 1.68. The first kappa shape index (κ1) is 12.3. The molecule has 0 bridgehead atoms. The van der Waals surface area contributed by atoms with E-state index in [1.54, 1.807) is 0 Å². The van der Waals surface area contributed by atoms with Crippen LogP contribution in [0.25, 0.3) is 0 Å². The molecule has 0 unspecified atom stereocenters. The largest absolute Gasteiger partial charge is 0.383 e. The third-order valence-corrected chi connectivity index (χ3v) is 3.90. The molecule has 2 heterocycles. The van der Waals surface area contributed by atoms with Gasteiger partial charge in [0.25, 0.3) is 0 Å². The average molecular weight is 275 g/mol. The summed E-state index contributed by atoms with van der Waals surface area (Å²) in [5, 5.41) is 9.27. The third kappa shape index (κ3) is 2.97. The lowest BCUT2D eigenvalue weighted by atomic mass is 10.2. The maximum atomic E-state index is 5.60. The van der Waals surface area contributed by atoms with Crippen LogP contribution in [0.15, 0.2) is 29.6 Å². The molecule has 1 saturated heterocycles. The number of piperazine rings is 1. The van der Waals surface area contributed by atoms with Gasteiger partial charge in [-0.25, -0.2) is 4.98 Å². The van der Waals surface area contributed by atoms with Gasteiger partial charge in [-0.3, -0.25) is 0 Å². The summed E-state index contributed by atoms with van der Waals surface area (Å²) in [7, 11) is 0. The zero-order chi connectivity index (χ0) is 13.1. The molecule has 5 nitrogen and oxygen atoms in total. The molecule has 1 aliphatic rings. The molecule has 6 heteroatoms. The van der Waals surface area contributed by atoms with Crippen molar-refractivity contribution in [2.45, 2.75) is 0 Å². The summed E-state index contributed by atoms with van der Waals surface area (Å²) < 4.78 is 0. The first-order valence-corrected chi connectivity index (χ1v) is 7.23. The fraction of sp³-hybridized carbons (Fsp3) is 0.308. The van der Waals surface area contributed by atoms with Crippen LogP contribution < -0.4 is 21.3 Å². The number of hydrogen-bond donors (Lipinski definition) is 3. The van der Waals surface area contributed by atoms with Gasteiger partial charge in [0, 0.05) is 42.9 Å². The van der Waals surface area contributed by atoms with Crippen LogP contribution in [-0.4, -0.2) is 31.2 Å². The maximum Gasteiger partial charge on any atom is 0.189 e. The van der Waals surface area contributed by atoms with Gasteiger partial charge in [-0.05, 0) is 24.3 Å². The van der Waals surface area contributed by atoms with Gasteiger partial charge >= 0.3 is 0 Å². The predicted molar refractivity (Wildman–Crippen MR) is 81.3 cm³/mol. The highest BCUT2D eigenvalue weighted by molar-refractivity contribution is 7.14. The van der Waals surface area contributed by atoms with Crippen molar-refractivity contribution in [3.8, 4) is 0 Å². The summed E-state index contributed by atoms with van der Waals surface area (Å²) in [5.41, 5.74) is 7.91. The van der Waals surface area contributed by atoms with Crippen molar-refractivity contribution in [3.05, 3.63) is 29.6 Å². The highest BCUT2D eigenvalue weighted by Crippen LogP contribution is 2.24. The average Bonchev–Trinajstić information content (AvgIpc) is 2.86. The van der Waals surface area contributed by atoms with Crippen LogP contribution in [0.5, 0.6) is 0 Å². The maximum absolute atomic E-state index is 5.60. The van der Waals surface area contributed by atoms with Crippen LogP contribution in [-0.2, 0) is 0 Å². The molecule has 19 heavy (non-hydrogen) atoms. The molecule has 1 aromatic heterocycles. The van der Waals surface area contributed by atoms with Gasteiger partial charge in [0.1, 0.15) is 5.82 Å². The van der Waals surface area contributed by atoms with Crippen LogP contribution in [0.1, 0.15) is 0 Å². The molecule has 1 fully saturated rings. The van der Waals surface area contributed by atoms with Gasteiger partial charge in [-0.15, -0.1) is 11.3 Å². The van der Waals surface area contributed by atoms with Gasteiger partial charge in [0.2, 0.25) is 0 Å². The number of nitrogens with two attached hydrogens (primary N) is 1. The molecule has 3 rings (SSSR count). The van der Waals surface area contributed by atoms with Crippen molar-refractivity contribution < 1.29 is 0 Å². The molecule has 0 saturated carbocycles. The molecule has 1 aromatic carbocycles. The van der Waals surface area contributed by atoms with Crippen LogP contribution in [0, 0.1) is 0 Å². The van der Waals surface area contributed by atoms with Crippen LogP contribution in [0.2, 0.25) is 0 Å². The number of rotatable bonds is 3. The van der Waals surface area contributed by atoms with E-state index in [0.717, 1.165) is 37.0 Å². The molecule has 1 aliphatic heterocycles. The van der Waals surface area contributed by atoms with Crippen molar-refractivity contribution in [2.75, 3.05) is 42.1 Å². The van der Waals surface area contributed by atoms with Crippen LogP contribution in [0.3, 0.4) is 0 Å². The van der Waals surface area contributed by atoms with Gasteiger partial charge in [0.05, 0.1) is 0 Å². The minimum absolute atomic E-state index is 0.560. The number of nitrogens with zero attached hydrogens (tertiary/aromatic N) is 2. The van der Waals surface area contributed by atoms with Gasteiger partial charge < -0.3 is 21.3 Å². The van der Waals surface area contributed by atoms with E-state index in [1.165, 1.54) is 17.0 Å². The molecule has 0 spiro atoms. The standard InChI is InChI=1S/C13H17N5S/c14-12-9-19-13(17-12)16-10-1-3-11(4-2-10)18-7-5-15-6-8-18/h1-4,9,15H,5-8,14H2,(H,16,17). The number of thiazole rings is 1. The van der Waals surface area contributed by atoms with Gasteiger partial charge in [-0.2, -0.15) is 0 Å². The molecular formula is C13H17N5S. The van der Waals surface area contributed by atoms with Crippen molar-refractivity contribution in [1.82, 2.24) is 10.3 Å². The van der Waals surface area contributed by atoms with Crippen molar-refractivity contribution in [2.24, 2.45) is 0 Å². The predicted octanol–water partition coefficient (Wildman–Crippen LogP) is 1.88. The summed E-state index contributed by atoms with van der Waals surface area (Å²) in [6.45, 7) is 4.24. The summed E-state index contributed by atoms with van der Waals surface area (Å²) in [6, 6.07) is 8.44. The van der Waals surface area contributed by atoms with E-state index in [4.69, 9.17) is 5.73 Å². The van der Waals surface area contributed by atoms with Crippen LogP contribution in [0.4, 0.5) is 22.3 Å². The Kier molecular flexibility index (Phi) is 3.52. The van der Waals surface area contributed by atoms with E-state index in [2.05, 4.69) is 44.8 Å². The second kappa shape index (κ2) is 5.46. The second-order valence-electron chi connectivity index (χ2n) is 4.49. The molecule has 100 valence electrons. The first-order chi connectivity index (χ1) is 9.31.